The maximum atomic E-state index is 13.3. The second-order valence-corrected chi connectivity index (χ2v) is 7.49. The third-order valence-corrected chi connectivity index (χ3v) is 6.04. The minimum atomic E-state index is -1.18. The molecule has 2 aromatic rings. The van der Waals surface area contributed by atoms with Gasteiger partial charge < -0.3 is 5.32 Å². The number of imide groups is 1. The highest BCUT2D eigenvalue weighted by Crippen LogP contribution is 2.52. The lowest BCUT2D eigenvalue weighted by Crippen LogP contribution is -2.52. The monoisotopic (exact) mass is 361 g/mol. The van der Waals surface area contributed by atoms with E-state index < -0.39 is 17.4 Å². The number of para-hydroxylation sites is 1. The third-order valence-electron chi connectivity index (χ3n) is 6.04. The van der Waals surface area contributed by atoms with Crippen LogP contribution in [0.15, 0.2) is 54.6 Å². The first-order valence-electron chi connectivity index (χ1n) is 9.12. The number of carbonyl (C=O) groups excluding carboxylic acids is 3. The molecule has 2 fully saturated rings. The van der Waals surface area contributed by atoms with Crippen molar-refractivity contribution >= 4 is 23.4 Å². The lowest BCUT2D eigenvalue weighted by Gasteiger charge is -2.29. The second-order valence-electron chi connectivity index (χ2n) is 7.49. The van der Waals surface area contributed by atoms with Gasteiger partial charge in [-0.3, -0.25) is 24.6 Å². The van der Waals surface area contributed by atoms with Crippen molar-refractivity contribution in [3.8, 4) is 0 Å². The second kappa shape index (κ2) is 5.50. The van der Waals surface area contributed by atoms with Crippen LogP contribution in [0, 0.1) is 11.8 Å². The predicted octanol–water partition coefficient (Wildman–Crippen LogP) is 1.63. The number of nitrogens with one attached hydrogen (secondary N) is 2. The van der Waals surface area contributed by atoms with Gasteiger partial charge in [-0.25, -0.2) is 0 Å². The Bertz CT molecular complexity index is 974. The van der Waals surface area contributed by atoms with E-state index in [9.17, 15) is 14.4 Å². The van der Waals surface area contributed by atoms with Crippen LogP contribution < -0.4 is 10.6 Å². The van der Waals surface area contributed by atoms with Gasteiger partial charge in [0.05, 0.1) is 18.4 Å². The molecule has 3 heterocycles. The predicted molar refractivity (Wildman–Crippen MR) is 98.3 cm³/mol. The van der Waals surface area contributed by atoms with E-state index in [4.69, 9.17) is 0 Å². The maximum Gasteiger partial charge on any atom is 0.250 e. The lowest BCUT2D eigenvalue weighted by molar-refractivity contribution is -0.143. The van der Waals surface area contributed by atoms with Crippen molar-refractivity contribution in [3.63, 3.8) is 0 Å². The fourth-order valence-corrected chi connectivity index (χ4v) is 4.90. The van der Waals surface area contributed by atoms with Gasteiger partial charge in [0.2, 0.25) is 17.7 Å². The van der Waals surface area contributed by atoms with Crippen LogP contribution in [0.3, 0.4) is 0 Å². The van der Waals surface area contributed by atoms with Gasteiger partial charge in [-0.05, 0) is 18.6 Å². The first-order chi connectivity index (χ1) is 13.0. The Morgan fingerprint density at radius 2 is 1.67 bits per heavy atom. The molecule has 0 aromatic heterocycles. The van der Waals surface area contributed by atoms with Crippen molar-refractivity contribution in [2.24, 2.45) is 11.8 Å². The molecule has 5 rings (SSSR count). The van der Waals surface area contributed by atoms with Crippen molar-refractivity contribution in [2.45, 2.75) is 25.0 Å². The SMILES string of the molecule is C[C@@H]1N[C@]2(C(=O)Nc3ccccc32)[C@H]2C(=O)N(Cc3ccccc3)C(=O)[C@@H]12. The Balaban J connectivity index is 1.59. The van der Waals surface area contributed by atoms with Crippen molar-refractivity contribution in [2.75, 3.05) is 5.32 Å². The highest BCUT2D eigenvalue weighted by molar-refractivity contribution is 6.15. The maximum absolute atomic E-state index is 13.3. The van der Waals surface area contributed by atoms with Crippen molar-refractivity contribution in [1.29, 1.82) is 0 Å². The molecule has 2 N–H and O–H groups in total. The zero-order chi connectivity index (χ0) is 18.8. The van der Waals surface area contributed by atoms with E-state index in [1.165, 1.54) is 4.90 Å². The minimum Gasteiger partial charge on any atom is -0.324 e. The van der Waals surface area contributed by atoms with Crippen LogP contribution in [-0.4, -0.2) is 28.7 Å². The molecule has 0 aliphatic carbocycles. The zero-order valence-electron chi connectivity index (χ0n) is 14.8. The average molecular weight is 361 g/mol. The van der Waals surface area contributed by atoms with Gasteiger partial charge in [-0.15, -0.1) is 0 Å². The summed E-state index contributed by atoms with van der Waals surface area (Å²) in [5.41, 5.74) is 1.16. The molecule has 3 aliphatic rings. The van der Waals surface area contributed by atoms with E-state index in [2.05, 4.69) is 10.6 Å². The summed E-state index contributed by atoms with van der Waals surface area (Å²) in [4.78, 5) is 40.8. The number of nitrogens with zero attached hydrogens (tertiary/aromatic N) is 1. The molecule has 27 heavy (non-hydrogen) atoms. The summed E-state index contributed by atoms with van der Waals surface area (Å²) in [5.74, 6) is -2.02. The number of hydrogen-bond acceptors (Lipinski definition) is 4. The third kappa shape index (κ3) is 2.01. The quantitative estimate of drug-likeness (QED) is 0.797. The van der Waals surface area contributed by atoms with E-state index >= 15 is 0 Å². The van der Waals surface area contributed by atoms with Crippen molar-refractivity contribution in [1.82, 2.24) is 10.2 Å². The van der Waals surface area contributed by atoms with Crippen molar-refractivity contribution in [3.05, 3.63) is 65.7 Å². The molecule has 1 spiro atoms. The van der Waals surface area contributed by atoms with Gasteiger partial charge in [0.15, 0.2) is 0 Å². The van der Waals surface area contributed by atoms with Crippen molar-refractivity contribution < 1.29 is 14.4 Å². The van der Waals surface area contributed by atoms with Gasteiger partial charge >= 0.3 is 0 Å². The molecule has 6 nitrogen and oxygen atoms in total. The number of anilines is 1. The summed E-state index contributed by atoms with van der Waals surface area (Å²) < 4.78 is 0. The molecule has 2 aromatic carbocycles. The van der Waals surface area contributed by atoms with E-state index in [1.54, 1.807) is 0 Å². The molecule has 0 bridgehead atoms. The number of hydrogen-bond donors (Lipinski definition) is 2. The molecule has 3 amide bonds. The van der Waals surface area contributed by atoms with Gasteiger partial charge in [-0.2, -0.15) is 0 Å². The van der Waals surface area contributed by atoms with Crippen LogP contribution >= 0.6 is 0 Å². The number of rotatable bonds is 2. The summed E-state index contributed by atoms with van der Waals surface area (Å²) in [6.07, 6.45) is 0. The summed E-state index contributed by atoms with van der Waals surface area (Å²) in [6.45, 7) is 2.11. The van der Waals surface area contributed by atoms with Crippen LogP contribution in [0.5, 0.6) is 0 Å². The smallest absolute Gasteiger partial charge is 0.250 e. The van der Waals surface area contributed by atoms with Crippen LogP contribution in [0.4, 0.5) is 5.69 Å². The molecule has 6 heteroatoms. The Morgan fingerprint density at radius 1 is 0.963 bits per heavy atom. The first-order valence-corrected chi connectivity index (χ1v) is 9.12. The molecular formula is C21H19N3O3. The highest BCUT2D eigenvalue weighted by atomic mass is 16.2. The Labute approximate surface area is 156 Å². The number of fused-ring (bicyclic) bond motifs is 4. The number of amides is 3. The number of carbonyl (C=O) groups is 3. The van der Waals surface area contributed by atoms with Gasteiger partial charge in [0, 0.05) is 17.3 Å². The molecule has 0 unspecified atom stereocenters. The molecule has 4 atom stereocenters. The molecule has 0 saturated carbocycles. The zero-order valence-corrected chi connectivity index (χ0v) is 14.8. The summed E-state index contributed by atoms with van der Waals surface area (Å²) in [7, 11) is 0. The number of benzene rings is 2. The molecule has 136 valence electrons. The molecule has 0 radical (unpaired) electrons. The fourth-order valence-electron chi connectivity index (χ4n) is 4.90. The Kier molecular flexibility index (Phi) is 3.30. The lowest BCUT2D eigenvalue weighted by atomic mass is 9.76. The van der Waals surface area contributed by atoms with E-state index in [0.29, 0.717) is 5.69 Å². The molecule has 3 aliphatic heterocycles. The van der Waals surface area contributed by atoms with Gasteiger partial charge in [0.1, 0.15) is 5.54 Å². The molecular weight excluding hydrogens is 342 g/mol. The first kappa shape index (κ1) is 16.2. The van der Waals surface area contributed by atoms with E-state index in [-0.39, 0.29) is 30.3 Å². The highest BCUT2D eigenvalue weighted by Gasteiger charge is 2.69. The van der Waals surface area contributed by atoms with E-state index in [0.717, 1.165) is 11.1 Å². The van der Waals surface area contributed by atoms with Gasteiger partial charge in [-0.1, -0.05) is 48.5 Å². The van der Waals surface area contributed by atoms with Crippen LogP contribution in [-0.2, 0) is 26.5 Å². The largest absolute Gasteiger partial charge is 0.324 e. The minimum absolute atomic E-state index is 0.206. The summed E-state index contributed by atoms with van der Waals surface area (Å²) in [5, 5.41) is 6.18. The Hall–Kier alpha value is -2.99. The normalized spacial score (nSPS) is 31.4. The van der Waals surface area contributed by atoms with Gasteiger partial charge in [0.25, 0.3) is 0 Å². The topological polar surface area (TPSA) is 78.5 Å². The average Bonchev–Trinajstić information content (AvgIpc) is 3.23. The standard InChI is InChI=1S/C21H19N3O3/c1-12-16-17(19(26)24(18(16)25)11-13-7-3-2-4-8-13)21(23-12)14-9-5-6-10-15(14)22-20(21)27/h2-10,12,16-17,23H,11H2,1H3,(H,22,27)/t12-,16-,17+,21-/m0/s1. The molecule has 2 saturated heterocycles. The Morgan fingerprint density at radius 3 is 2.44 bits per heavy atom. The fraction of sp³-hybridized carbons (Fsp3) is 0.286. The van der Waals surface area contributed by atoms with Crippen LogP contribution in [0.1, 0.15) is 18.1 Å². The van der Waals surface area contributed by atoms with Crippen LogP contribution in [0.25, 0.3) is 0 Å². The number of likely N-dealkylation sites (tertiary alicyclic amines) is 1. The summed E-state index contributed by atoms with van der Waals surface area (Å²) >= 11 is 0. The summed E-state index contributed by atoms with van der Waals surface area (Å²) in [6, 6.07) is 16.5. The van der Waals surface area contributed by atoms with E-state index in [1.807, 2.05) is 61.5 Å². The van der Waals surface area contributed by atoms with Crippen LogP contribution in [0.2, 0.25) is 0 Å².